The normalized spacial score (nSPS) is 11.9. The van der Waals surface area contributed by atoms with Crippen LogP contribution in [0.4, 0.5) is 14.9 Å². The molecule has 0 aliphatic rings. The molecule has 2 rings (SSSR count). The minimum atomic E-state index is -0.432. The lowest BCUT2D eigenvalue weighted by Crippen LogP contribution is -2.31. The number of halogens is 1. The Labute approximate surface area is 115 Å². The maximum Gasteiger partial charge on any atom is 0.319 e. The highest BCUT2D eigenvalue weighted by atomic mass is 32.1. The van der Waals surface area contributed by atoms with Gasteiger partial charge in [-0.05, 0) is 43.0 Å². The van der Waals surface area contributed by atoms with E-state index in [9.17, 15) is 9.18 Å². The first kappa shape index (κ1) is 13.5. The molecule has 5 heteroatoms. The van der Waals surface area contributed by atoms with E-state index in [-0.39, 0.29) is 11.7 Å². The van der Waals surface area contributed by atoms with Gasteiger partial charge in [0.1, 0.15) is 5.82 Å². The molecule has 2 amide bonds. The largest absolute Gasteiger partial charge is 0.331 e. The quantitative estimate of drug-likeness (QED) is 0.872. The van der Waals surface area contributed by atoms with Gasteiger partial charge in [0.05, 0.1) is 11.7 Å². The molecule has 2 N–H and O–H groups in total. The van der Waals surface area contributed by atoms with Crippen LogP contribution in [-0.4, -0.2) is 6.03 Å². The van der Waals surface area contributed by atoms with Gasteiger partial charge in [-0.3, -0.25) is 0 Å². The van der Waals surface area contributed by atoms with E-state index in [1.54, 1.807) is 30.4 Å². The minimum absolute atomic E-state index is 0.103. The number of hydrogen-bond acceptors (Lipinski definition) is 2. The van der Waals surface area contributed by atoms with Gasteiger partial charge in [0, 0.05) is 4.88 Å². The maximum atomic E-state index is 13.6. The van der Waals surface area contributed by atoms with Crippen molar-refractivity contribution < 1.29 is 9.18 Å². The van der Waals surface area contributed by atoms with Gasteiger partial charge >= 0.3 is 6.03 Å². The first-order valence-corrected chi connectivity index (χ1v) is 6.81. The molecule has 0 saturated carbocycles. The number of thiophene rings is 1. The fraction of sp³-hybridized carbons (Fsp3) is 0.214. The molecule has 0 radical (unpaired) electrons. The number of carbonyl (C=O) groups excluding carboxylic acids is 1. The zero-order valence-corrected chi connectivity index (χ0v) is 11.6. The predicted molar refractivity (Wildman–Crippen MR) is 76.0 cm³/mol. The summed E-state index contributed by atoms with van der Waals surface area (Å²) in [5, 5.41) is 7.23. The lowest BCUT2D eigenvalue weighted by atomic mass is 10.2. The third-order valence-corrected chi connectivity index (χ3v) is 3.75. The summed E-state index contributed by atoms with van der Waals surface area (Å²) < 4.78 is 13.6. The molecule has 0 aliphatic heterocycles. The number of anilines is 1. The zero-order valence-electron chi connectivity index (χ0n) is 10.7. The number of nitrogens with one attached hydrogen (secondary N) is 2. The number of benzene rings is 1. The van der Waals surface area contributed by atoms with Crippen LogP contribution in [-0.2, 0) is 0 Å². The van der Waals surface area contributed by atoms with E-state index < -0.39 is 11.8 Å². The van der Waals surface area contributed by atoms with E-state index in [4.69, 9.17) is 0 Å². The molecule has 19 heavy (non-hydrogen) atoms. The monoisotopic (exact) mass is 278 g/mol. The second kappa shape index (κ2) is 5.84. The molecule has 1 aromatic carbocycles. The van der Waals surface area contributed by atoms with Crippen LogP contribution >= 0.6 is 11.3 Å². The molecule has 3 nitrogen and oxygen atoms in total. The smallest absolute Gasteiger partial charge is 0.319 e. The molecule has 0 aliphatic carbocycles. The molecule has 0 spiro atoms. The molecular formula is C14H15FN2OS. The third kappa shape index (κ3) is 3.54. The van der Waals surface area contributed by atoms with E-state index in [2.05, 4.69) is 10.6 Å². The van der Waals surface area contributed by atoms with Crippen molar-refractivity contribution >= 4 is 23.1 Å². The van der Waals surface area contributed by atoms with Gasteiger partial charge in [-0.2, -0.15) is 0 Å². The standard InChI is InChI=1S/C14H15FN2OS/c1-9-5-6-12(11(15)8-9)17-14(18)16-10(2)13-4-3-7-19-13/h3-8,10H,1-2H3,(H2,16,17,18). The summed E-state index contributed by atoms with van der Waals surface area (Å²) in [4.78, 5) is 12.8. The Kier molecular flexibility index (Phi) is 4.16. The van der Waals surface area contributed by atoms with E-state index in [1.165, 1.54) is 6.07 Å². The average Bonchev–Trinajstić information content (AvgIpc) is 2.86. The second-order valence-corrected chi connectivity index (χ2v) is 5.30. The number of urea groups is 1. The van der Waals surface area contributed by atoms with Gasteiger partial charge in [0.2, 0.25) is 0 Å². The topological polar surface area (TPSA) is 41.1 Å². The maximum absolute atomic E-state index is 13.6. The van der Waals surface area contributed by atoms with Crippen LogP contribution in [0.1, 0.15) is 23.4 Å². The van der Waals surface area contributed by atoms with Gasteiger partial charge < -0.3 is 10.6 Å². The van der Waals surface area contributed by atoms with Crippen LogP contribution in [0.15, 0.2) is 35.7 Å². The Morgan fingerprint density at radius 3 is 2.79 bits per heavy atom. The van der Waals surface area contributed by atoms with E-state index in [0.29, 0.717) is 0 Å². The predicted octanol–water partition coefficient (Wildman–Crippen LogP) is 4.08. The Hall–Kier alpha value is -1.88. The fourth-order valence-corrected chi connectivity index (χ4v) is 2.42. The lowest BCUT2D eigenvalue weighted by molar-refractivity contribution is 0.249. The van der Waals surface area contributed by atoms with E-state index in [1.807, 2.05) is 24.4 Å². The first-order chi connectivity index (χ1) is 9.06. The van der Waals surface area contributed by atoms with Crippen molar-refractivity contribution in [1.82, 2.24) is 5.32 Å². The van der Waals surface area contributed by atoms with E-state index in [0.717, 1.165) is 10.4 Å². The summed E-state index contributed by atoms with van der Waals surface area (Å²) in [5.41, 5.74) is 0.997. The summed E-state index contributed by atoms with van der Waals surface area (Å²) in [6.07, 6.45) is 0. The van der Waals surface area contributed by atoms with Crippen molar-refractivity contribution in [3.63, 3.8) is 0 Å². The van der Waals surface area contributed by atoms with Gasteiger partial charge in [0.25, 0.3) is 0 Å². The summed E-state index contributed by atoms with van der Waals surface area (Å²) in [7, 11) is 0. The van der Waals surface area contributed by atoms with Crippen molar-refractivity contribution in [2.24, 2.45) is 0 Å². The number of carbonyl (C=O) groups is 1. The molecule has 1 unspecified atom stereocenters. The molecule has 1 aromatic heterocycles. The molecule has 2 aromatic rings. The fourth-order valence-electron chi connectivity index (χ4n) is 1.69. The van der Waals surface area contributed by atoms with Crippen LogP contribution in [0.5, 0.6) is 0 Å². The van der Waals surface area contributed by atoms with Crippen molar-refractivity contribution in [3.05, 3.63) is 52.0 Å². The second-order valence-electron chi connectivity index (χ2n) is 4.32. The van der Waals surface area contributed by atoms with Crippen LogP contribution in [0.2, 0.25) is 0 Å². The summed E-state index contributed by atoms with van der Waals surface area (Å²) in [6.45, 7) is 3.68. The Bertz CT molecular complexity index is 569. The highest BCUT2D eigenvalue weighted by molar-refractivity contribution is 7.10. The summed E-state index contributed by atoms with van der Waals surface area (Å²) >= 11 is 1.57. The Morgan fingerprint density at radius 2 is 2.16 bits per heavy atom. The Morgan fingerprint density at radius 1 is 1.37 bits per heavy atom. The zero-order chi connectivity index (χ0) is 13.8. The highest BCUT2D eigenvalue weighted by Gasteiger charge is 2.11. The lowest BCUT2D eigenvalue weighted by Gasteiger charge is -2.13. The summed E-state index contributed by atoms with van der Waals surface area (Å²) in [6, 6.07) is 8.05. The number of aryl methyl sites for hydroxylation is 1. The summed E-state index contributed by atoms with van der Waals surface area (Å²) in [5.74, 6) is -0.432. The molecular weight excluding hydrogens is 263 g/mol. The molecule has 1 atom stereocenters. The van der Waals surface area contributed by atoms with Gasteiger partial charge in [-0.25, -0.2) is 9.18 Å². The first-order valence-electron chi connectivity index (χ1n) is 5.93. The van der Waals surface area contributed by atoms with Gasteiger partial charge in [-0.1, -0.05) is 12.1 Å². The molecule has 1 heterocycles. The minimum Gasteiger partial charge on any atom is -0.331 e. The van der Waals surface area contributed by atoms with Gasteiger partial charge in [-0.15, -0.1) is 11.3 Å². The number of rotatable bonds is 3. The van der Waals surface area contributed by atoms with Crippen molar-refractivity contribution in [2.75, 3.05) is 5.32 Å². The van der Waals surface area contributed by atoms with Crippen LogP contribution < -0.4 is 10.6 Å². The number of hydrogen-bond donors (Lipinski definition) is 2. The Balaban J connectivity index is 1.98. The van der Waals surface area contributed by atoms with Crippen LogP contribution in [0.25, 0.3) is 0 Å². The van der Waals surface area contributed by atoms with Crippen molar-refractivity contribution in [2.45, 2.75) is 19.9 Å². The number of amides is 2. The van der Waals surface area contributed by atoms with E-state index >= 15 is 0 Å². The van der Waals surface area contributed by atoms with Crippen molar-refractivity contribution in [1.29, 1.82) is 0 Å². The third-order valence-electron chi connectivity index (χ3n) is 2.69. The molecule has 100 valence electrons. The average molecular weight is 278 g/mol. The SMILES string of the molecule is Cc1ccc(NC(=O)NC(C)c2cccs2)c(F)c1. The van der Waals surface area contributed by atoms with Gasteiger partial charge in [0.15, 0.2) is 0 Å². The molecule has 0 saturated heterocycles. The van der Waals surface area contributed by atoms with Crippen molar-refractivity contribution in [3.8, 4) is 0 Å². The molecule has 0 fully saturated rings. The van der Waals surface area contributed by atoms with Crippen LogP contribution in [0, 0.1) is 12.7 Å². The molecule has 0 bridgehead atoms. The van der Waals surface area contributed by atoms with Crippen LogP contribution in [0.3, 0.4) is 0 Å². The highest BCUT2D eigenvalue weighted by Crippen LogP contribution is 2.19.